The van der Waals surface area contributed by atoms with Crippen LogP contribution in [0.3, 0.4) is 0 Å². The van der Waals surface area contributed by atoms with Gasteiger partial charge < -0.3 is 14.4 Å². The molecule has 0 unspecified atom stereocenters. The average Bonchev–Trinajstić information content (AvgIpc) is 3.38. The molecule has 2 heterocycles. The summed E-state index contributed by atoms with van der Waals surface area (Å²) in [6, 6.07) is 6.18. The summed E-state index contributed by atoms with van der Waals surface area (Å²) in [6.45, 7) is 4.89. The molecular formula is C20H26N2O3. The Morgan fingerprint density at radius 2 is 1.88 bits per heavy atom. The van der Waals surface area contributed by atoms with E-state index in [0.29, 0.717) is 24.5 Å². The molecule has 2 saturated carbocycles. The second-order valence-corrected chi connectivity index (χ2v) is 8.07. The Balaban J connectivity index is 1.15. The van der Waals surface area contributed by atoms with Crippen LogP contribution in [0.5, 0.6) is 11.5 Å². The topological polar surface area (TPSA) is 42.0 Å². The molecule has 3 fully saturated rings. The summed E-state index contributed by atoms with van der Waals surface area (Å²) in [5.41, 5.74) is 1.25. The molecular weight excluding hydrogens is 316 g/mol. The van der Waals surface area contributed by atoms with E-state index < -0.39 is 0 Å². The first-order valence-electron chi connectivity index (χ1n) is 9.66. The van der Waals surface area contributed by atoms with Crippen molar-refractivity contribution in [3.63, 3.8) is 0 Å². The number of ether oxygens (including phenoxy) is 2. The van der Waals surface area contributed by atoms with Crippen LogP contribution in [-0.2, 0) is 11.3 Å². The third-order valence-corrected chi connectivity index (χ3v) is 6.58. The van der Waals surface area contributed by atoms with Crippen molar-refractivity contribution in [2.24, 2.45) is 17.8 Å². The van der Waals surface area contributed by atoms with Crippen molar-refractivity contribution in [2.45, 2.75) is 32.2 Å². The van der Waals surface area contributed by atoms with Gasteiger partial charge >= 0.3 is 0 Å². The van der Waals surface area contributed by atoms with Gasteiger partial charge in [0.1, 0.15) is 0 Å². The minimum absolute atomic E-state index is 0.322. The van der Waals surface area contributed by atoms with Gasteiger partial charge in [0, 0.05) is 38.6 Å². The van der Waals surface area contributed by atoms with Crippen molar-refractivity contribution in [1.29, 1.82) is 0 Å². The monoisotopic (exact) mass is 342 g/mol. The first kappa shape index (κ1) is 15.5. The van der Waals surface area contributed by atoms with Gasteiger partial charge in [-0.25, -0.2) is 0 Å². The van der Waals surface area contributed by atoms with Crippen LogP contribution < -0.4 is 9.47 Å². The predicted octanol–water partition coefficient (Wildman–Crippen LogP) is 2.50. The molecule has 2 aliphatic heterocycles. The fourth-order valence-electron chi connectivity index (χ4n) is 5.21. The fourth-order valence-corrected chi connectivity index (χ4v) is 5.21. The van der Waals surface area contributed by atoms with Crippen LogP contribution in [-0.4, -0.2) is 48.7 Å². The smallest absolute Gasteiger partial charge is 0.231 e. The second-order valence-electron chi connectivity index (χ2n) is 8.07. The van der Waals surface area contributed by atoms with Crippen LogP contribution in [0, 0.1) is 17.8 Å². The minimum Gasteiger partial charge on any atom is -0.454 e. The Hall–Kier alpha value is -1.75. The van der Waals surface area contributed by atoms with Gasteiger partial charge in [-0.3, -0.25) is 9.69 Å². The van der Waals surface area contributed by atoms with Crippen LogP contribution in [0.4, 0.5) is 0 Å². The number of carbonyl (C=O) groups excluding carboxylic acids is 1. The number of piperazine rings is 1. The van der Waals surface area contributed by atoms with E-state index in [1.807, 2.05) is 6.07 Å². The fraction of sp³-hybridized carbons (Fsp3) is 0.650. The Bertz CT molecular complexity index is 669. The molecule has 1 aromatic rings. The van der Waals surface area contributed by atoms with Gasteiger partial charge in [-0.15, -0.1) is 0 Å². The van der Waals surface area contributed by atoms with Crippen molar-refractivity contribution in [2.75, 3.05) is 33.0 Å². The quantitative estimate of drug-likeness (QED) is 0.846. The highest BCUT2D eigenvalue weighted by atomic mass is 16.7. The first-order valence-corrected chi connectivity index (χ1v) is 9.66. The molecule has 0 N–H and O–H groups in total. The summed E-state index contributed by atoms with van der Waals surface area (Å²) in [5, 5.41) is 0. The Labute approximate surface area is 148 Å². The van der Waals surface area contributed by atoms with Crippen LogP contribution >= 0.6 is 0 Å². The maximum atomic E-state index is 12.9. The summed E-state index contributed by atoms with van der Waals surface area (Å²) in [5.74, 6) is 3.98. The standard InChI is InChI=1S/C20H26N2O3/c23-20(17-10-14-1-3-16(17)9-14)22-7-5-21(6-8-22)12-15-2-4-18-19(11-15)25-13-24-18/h2,4,11,14,16-17H,1,3,5-10,12-13H2/t14-,16-,17+/m0/s1. The number of benzene rings is 1. The van der Waals surface area contributed by atoms with Gasteiger partial charge in [0.05, 0.1) is 0 Å². The first-order chi connectivity index (χ1) is 12.3. The number of fused-ring (bicyclic) bond motifs is 3. The molecule has 5 heteroatoms. The van der Waals surface area contributed by atoms with Crippen LogP contribution in [0.2, 0.25) is 0 Å². The number of carbonyl (C=O) groups is 1. The molecule has 3 atom stereocenters. The van der Waals surface area contributed by atoms with Crippen LogP contribution in [0.1, 0.15) is 31.2 Å². The Kier molecular flexibility index (Phi) is 3.85. The maximum Gasteiger partial charge on any atom is 0.231 e. The maximum absolute atomic E-state index is 12.9. The number of rotatable bonds is 3. The molecule has 25 heavy (non-hydrogen) atoms. The molecule has 4 aliphatic rings. The lowest BCUT2D eigenvalue weighted by Crippen LogP contribution is -2.50. The normalized spacial score (nSPS) is 30.9. The summed E-state index contributed by atoms with van der Waals surface area (Å²) in [7, 11) is 0. The van der Waals surface area contributed by atoms with E-state index >= 15 is 0 Å². The lowest BCUT2D eigenvalue weighted by molar-refractivity contribution is -0.139. The number of hydrogen-bond acceptors (Lipinski definition) is 4. The zero-order valence-corrected chi connectivity index (χ0v) is 14.7. The van der Waals surface area contributed by atoms with Gasteiger partial charge in [-0.1, -0.05) is 12.5 Å². The van der Waals surface area contributed by atoms with E-state index in [1.165, 1.54) is 24.8 Å². The summed E-state index contributed by atoms with van der Waals surface area (Å²) >= 11 is 0. The second kappa shape index (κ2) is 6.20. The van der Waals surface area contributed by atoms with E-state index in [0.717, 1.165) is 56.6 Å². The van der Waals surface area contributed by atoms with Gasteiger partial charge in [0.15, 0.2) is 11.5 Å². The Morgan fingerprint density at radius 3 is 2.64 bits per heavy atom. The summed E-state index contributed by atoms with van der Waals surface area (Å²) < 4.78 is 10.8. The van der Waals surface area contributed by atoms with E-state index in [1.54, 1.807) is 0 Å². The highest BCUT2D eigenvalue weighted by Gasteiger charge is 2.44. The van der Waals surface area contributed by atoms with Crippen LogP contribution in [0.25, 0.3) is 0 Å². The molecule has 134 valence electrons. The van der Waals surface area contributed by atoms with Crippen molar-refractivity contribution >= 4 is 5.91 Å². The number of amides is 1. The zero-order valence-electron chi connectivity index (χ0n) is 14.7. The Morgan fingerprint density at radius 1 is 1.04 bits per heavy atom. The molecule has 5 rings (SSSR count). The number of nitrogens with zero attached hydrogens (tertiary/aromatic N) is 2. The van der Waals surface area contributed by atoms with Crippen molar-refractivity contribution < 1.29 is 14.3 Å². The lowest BCUT2D eigenvalue weighted by Gasteiger charge is -2.37. The van der Waals surface area contributed by atoms with Crippen molar-refractivity contribution in [3.8, 4) is 11.5 Å². The van der Waals surface area contributed by atoms with E-state index in [2.05, 4.69) is 21.9 Å². The molecule has 0 radical (unpaired) electrons. The highest BCUT2D eigenvalue weighted by molar-refractivity contribution is 5.79. The average molecular weight is 342 g/mol. The molecule has 1 amide bonds. The predicted molar refractivity (Wildman–Crippen MR) is 93.4 cm³/mol. The largest absolute Gasteiger partial charge is 0.454 e. The van der Waals surface area contributed by atoms with Gasteiger partial charge in [-0.2, -0.15) is 0 Å². The molecule has 0 spiro atoms. The molecule has 0 aromatic heterocycles. The van der Waals surface area contributed by atoms with Gasteiger partial charge in [0.25, 0.3) is 0 Å². The third-order valence-electron chi connectivity index (χ3n) is 6.58. The summed E-state index contributed by atoms with van der Waals surface area (Å²) in [4.78, 5) is 17.4. The van der Waals surface area contributed by atoms with Gasteiger partial charge in [0.2, 0.25) is 12.7 Å². The van der Waals surface area contributed by atoms with Crippen LogP contribution in [0.15, 0.2) is 18.2 Å². The summed E-state index contributed by atoms with van der Waals surface area (Å²) in [6.07, 6.45) is 5.10. The van der Waals surface area contributed by atoms with E-state index in [9.17, 15) is 4.79 Å². The highest BCUT2D eigenvalue weighted by Crippen LogP contribution is 2.48. The molecule has 1 aromatic carbocycles. The van der Waals surface area contributed by atoms with Crippen molar-refractivity contribution in [1.82, 2.24) is 9.80 Å². The molecule has 2 bridgehead atoms. The third kappa shape index (κ3) is 2.88. The lowest BCUT2D eigenvalue weighted by atomic mass is 9.87. The van der Waals surface area contributed by atoms with E-state index in [-0.39, 0.29) is 0 Å². The van der Waals surface area contributed by atoms with E-state index in [4.69, 9.17) is 9.47 Å². The van der Waals surface area contributed by atoms with Crippen molar-refractivity contribution in [3.05, 3.63) is 23.8 Å². The SMILES string of the molecule is O=C([C@@H]1C[C@H]2CC[C@H]1C2)N1CCN(Cc2ccc3c(c2)OCO3)CC1. The number of hydrogen-bond donors (Lipinski definition) is 0. The molecule has 1 saturated heterocycles. The molecule has 5 nitrogen and oxygen atoms in total. The minimum atomic E-state index is 0.322. The van der Waals surface area contributed by atoms with Gasteiger partial charge in [-0.05, 0) is 48.8 Å². The molecule has 2 aliphatic carbocycles. The zero-order chi connectivity index (χ0) is 16.8.